The zero-order chi connectivity index (χ0) is 20.8. The van der Waals surface area contributed by atoms with E-state index in [0.717, 1.165) is 24.8 Å². The van der Waals surface area contributed by atoms with Crippen molar-refractivity contribution in [1.29, 1.82) is 0 Å². The maximum absolute atomic E-state index is 6.40. The molecular weight excluding hydrogens is 423 g/mol. The molecule has 1 aliphatic heterocycles. The molecule has 4 rings (SSSR count). The van der Waals surface area contributed by atoms with Crippen molar-refractivity contribution in [3.63, 3.8) is 0 Å². The second-order valence-electron chi connectivity index (χ2n) is 7.30. The third-order valence-corrected chi connectivity index (χ3v) is 5.58. The minimum absolute atomic E-state index is 0.0554. The second-order valence-corrected chi connectivity index (χ2v) is 8.14. The fraction of sp³-hybridized carbons (Fsp3) is 0.348. The van der Waals surface area contributed by atoms with Crippen molar-refractivity contribution in [1.82, 2.24) is 9.55 Å². The summed E-state index contributed by atoms with van der Waals surface area (Å²) in [7, 11) is 0. The average Bonchev–Trinajstić information content (AvgIpc) is 3.27. The van der Waals surface area contributed by atoms with Gasteiger partial charge < -0.3 is 18.8 Å². The molecule has 0 amide bonds. The molecule has 5 nitrogen and oxygen atoms in total. The molecule has 0 radical (unpaired) electrons. The number of nitrogens with zero attached hydrogens (tertiary/aromatic N) is 2. The lowest BCUT2D eigenvalue weighted by atomic mass is 10.1. The van der Waals surface area contributed by atoms with Crippen LogP contribution in [0.1, 0.15) is 30.9 Å². The summed E-state index contributed by atoms with van der Waals surface area (Å²) in [6.45, 7) is 1.09. The summed E-state index contributed by atoms with van der Waals surface area (Å²) in [6.07, 6.45) is 7.82. The third-order valence-electron chi connectivity index (χ3n) is 5.05. The Morgan fingerprint density at radius 2 is 2.00 bits per heavy atom. The zero-order valence-electron chi connectivity index (χ0n) is 16.5. The van der Waals surface area contributed by atoms with Crippen LogP contribution in [-0.2, 0) is 16.0 Å². The Bertz CT molecular complexity index is 921. The molecule has 0 saturated carbocycles. The highest BCUT2D eigenvalue weighted by molar-refractivity contribution is 6.35. The van der Waals surface area contributed by atoms with Gasteiger partial charge in [0.1, 0.15) is 18.5 Å². The van der Waals surface area contributed by atoms with E-state index in [0.29, 0.717) is 28.9 Å². The number of halogens is 2. The van der Waals surface area contributed by atoms with Gasteiger partial charge in [-0.15, -0.1) is 0 Å². The Hall–Kier alpha value is -2.05. The van der Waals surface area contributed by atoms with Crippen LogP contribution in [0.15, 0.2) is 67.3 Å². The molecule has 1 fully saturated rings. The van der Waals surface area contributed by atoms with Crippen molar-refractivity contribution in [2.45, 2.75) is 44.3 Å². The van der Waals surface area contributed by atoms with Gasteiger partial charge in [-0.3, -0.25) is 0 Å². The molecule has 7 heteroatoms. The number of hydrogen-bond donors (Lipinski definition) is 0. The van der Waals surface area contributed by atoms with Crippen LogP contribution in [0.4, 0.5) is 0 Å². The number of rotatable bonds is 8. The fourth-order valence-electron chi connectivity index (χ4n) is 3.52. The first-order valence-electron chi connectivity index (χ1n) is 10.1. The van der Waals surface area contributed by atoms with Crippen molar-refractivity contribution in [3.05, 3.63) is 82.9 Å². The average molecular weight is 447 g/mol. The summed E-state index contributed by atoms with van der Waals surface area (Å²) in [5.74, 6) is 0.606. The van der Waals surface area contributed by atoms with Gasteiger partial charge in [-0.05, 0) is 43.0 Å². The molecule has 158 valence electrons. The molecule has 0 spiro atoms. The van der Waals surface area contributed by atoms with E-state index < -0.39 is 0 Å². The maximum Gasteiger partial charge on any atom is 0.159 e. The normalized spacial score (nSPS) is 20.1. The third kappa shape index (κ3) is 5.76. The molecule has 3 aromatic rings. The smallest absolute Gasteiger partial charge is 0.159 e. The van der Waals surface area contributed by atoms with Gasteiger partial charge in [0.15, 0.2) is 6.29 Å². The lowest BCUT2D eigenvalue weighted by molar-refractivity contribution is -0.223. The van der Waals surface area contributed by atoms with Gasteiger partial charge in [-0.25, -0.2) is 4.98 Å². The minimum Gasteiger partial charge on any atom is -0.489 e. The maximum atomic E-state index is 6.40. The van der Waals surface area contributed by atoms with Crippen molar-refractivity contribution in [3.8, 4) is 5.75 Å². The number of imidazole rings is 1. The Balaban J connectivity index is 1.37. The number of aromatic nitrogens is 2. The van der Waals surface area contributed by atoms with Crippen LogP contribution in [0.25, 0.3) is 0 Å². The van der Waals surface area contributed by atoms with E-state index in [1.165, 1.54) is 0 Å². The molecule has 1 saturated heterocycles. The van der Waals surface area contributed by atoms with E-state index in [4.69, 9.17) is 37.4 Å². The zero-order valence-corrected chi connectivity index (χ0v) is 18.0. The SMILES string of the molecule is Clc1ccc(OCC2CCCC(OC(Cn3ccnc3)c3ccccc3)O2)c(Cl)c1. The molecule has 1 aromatic heterocycles. The molecule has 2 heterocycles. The van der Waals surface area contributed by atoms with Crippen molar-refractivity contribution in [2.75, 3.05) is 6.61 Å². The van der Waals surface area contributed by atoms with E-state index in [-0.39, 0.29) is 18.5 Å². The van der Waals surface area contributed by atoms with Crippen LogP contribution in [-0.4, -0.2) is 28.6 Å². The fourth-order valence-corrected chi connectivity index (χ4v) is 3.99. The molecule has 3 atom stereocenters. The number of benzene rings is 2. The first-order valence-corrected chi connectivity index (χ1v) is 10.8. The summed E-state index contributed by atoms with van der Waals surface area (Å²) < 4.78 is 20.5. The molecule has 2 aromatic carbocycles. The predicted octanol–water partition coefficient (Wildman–Crippen LogP) is 5.92. The Morgan fingerprint density at radius 1 is 1.13 bits per heavy atom. The van der Waals surface area contributed by atoms with Gasteiger partial charge in [0.25, 0.3) is 0 Å². The molecule has 1 aliphatic rings. The van der Waals surface area contributed by atoms with Crippen LogP contribution >= 0.6 is 23.2 Å². The number of ether oxygens (including phenoxy) is 3. The molecule has 0 N–H and O–H groups in total. The topological polar surface area (TPSA) is 45.5 Å². The highest BCUT2D eigenvalue weighted by atomic mass is 35.5. The predicted molar refractivity (Wildman–Crippen MR) is 117 cm³/mol. The summed E-state index contributed by atoms with van der Waals surface area (Å²) >= 11 is 12.1. The van der Waals surface area contributed by atoms with Crippen LogP contribution in [0.3, 0.4) is 0 Å². The number of hydrogen-bond acceptors (Lipinski definition) is 4. The Kier molecular flexibility index (Phi) is 7.28. The van der Waals surface area contributed by atoms with Crippen LogP contribution in [0, 0.1) is 0 Å². The van der Waals surface area contributed by atoms with Gasteiger partial charge in [-0.1, -0.05) is 53.5 Å². The lowest BCUT2D eigenvalue weighted by Crippen LogP contribution is -2.35. The summed E-state index contributed by atoms with van der Waals surface area (Å²) in [5.41, 5.74) is 1.11. The van der Waals surface area contributed by atoms with Gasteiger partial charge in [0.2, 0.25) is 0 Å². The van der Waals surface area contributed by atoms with Crippen LogP contribution in [0.2, 0.25) is 10.0 Å². The van der Waals surface area contributed by atoms with Crippen LogP contribution < -0.4 is 4.74 Å². The van der Waals surface area contributed by atoms with E-state index in [1.807, 2.05) is 29.0 Å². The minimum atomic E-state index is -0.290. The van der Waals surface area contributed by atoms with Crippen molar-refractivity contribution < 1.29 is 14.2 Å². The Morgan fingerprint density at radius 3 is 2.77 bits per heavy atom. The highest BCUT2D eigenvalue weighted by Crippen LogP contribution is 2.30. The van der Waals surface area contributed by atoms with Gasteiger partial charge >= 0.3 is 0 Å². The van der Waals surface area contributed by atoms with Crippen LogP contribution in [0.5, 0.6) is 5.75 Å². The van der Waals surface area contributed by atoms with E-state index in [1.54, 1.807) is 30.7 Å². The Labute approximate surface area is 186 Å². The van der Waals surface area contributed by atoms with E-state index in [9.17, 15) is 0 Å². The molecule has 3 unspecified atom stereocenters. The monoisotopic (exact) mass is 446 g/mol. The first kappa shape index (κ1) is 21.2. The highest BCUT2D eigenvalue weighted by Gasteiger charge is 2.27. The van der Waals surface area contributed by atoms with Gasteiger partial charge in [-0.2, -0.15) is 0 Å². The molecule has 30 heavy (non-hydrogen) atoms. The largest absolute Gasteiger partial charge is 0.489 e. The summed E-state index contributed by atoms with van der Waals surface area (Å²) in [4.78, 5) is 4.13. The van der Waals surface area contributed by atoms with Gasteiger partial charge in [0, 0.05) is 17.4 Å². The van der Waals surface area contributed by atoms with E-state index in [2.05, 4.69) is 17.1 Å². The first-order chi connectivity index (χ1) is 14.7. The summed E-state index contributed by atoms with van der Waals surface area (Å²) in [5, 5.41) is 1.08. The summed E-state index contributed by atoms with van der Waals surface area (Å²) in [6, 6.07) is 15.4. The quantitative estimate of drug-likeness (QED) is 0.430. The molecule has 0 aliphatic carbocycles. The molecule has 0 bridgehead atoms. The standard InChI is InChI=1S/C23H24Cl2N2O3/c24-18-9-10-21(20(25)13-18)28-15-19-7-4-8-23(29-19)30-22(14-27-12-11-26-16-27)17-5-2-1-3-6-17/h1-3,5-6,9-13,16,19,22-23H,4,7-8,14-15H2. The second kappa shape index (κ2) is 10.3. The van der Waals surface area contributed by atoms with E-state index >= 15 is 0 Å². The van der Waals surface area contributed by atoms with Crippen molar-refractivity contribution in [2.24, 2.45) is 0 Å². The van der Waals surface area contributed by atoms with Crippen molar-refractivity contribution >= 4 is 23.2 Å². The molecular formula is C23H24Cl2N2O3. The van der Waals surface area contributed by atoms with Gasteiger partial charge in [0.05, 0.1) is 24.0 Å². The lowest BCUT2D eigenvalue weighted by Gasteiger charge is -2.33.